The van der Waals surface area contributed by atoms with Crippen molar-refractivity contribution in [3.05, 3.63) is 0 Å². The van der Waals surface area contributed by atoms with E-state index in [1.807, 2.05) is 25.8 Å². The summed E-state index contributed by atoms with van der Waals surface area (Å²) in [5.41, 5.74) is -0.236. The highest BCUT2D eigenvalue weighted by Crippen LogP contribution is 2.22. The third kappa shape index (κ3) is 2.32. The van der Waals surface area contributed by atoms with Gasteiger partial charge in [-0.1, -0.05) is 0 Å². The Kier molecular flexibility index (Phi) is 3.26. The molecule has 1 amide bonds. The summed E-state index contributed by atoms with van der Waals surface area (Å²) in [5, 5.41) is 3.55. The number of amides is 1. The van der Waals surface area contributed by atoms with Crippen LogP contribution in [0.4, 0.5) is 0 Å². The topological polar surface area (TPSA) is 40.6 Å². The van der Waals surface area contributed by atoms with Crippen molar-refractivity contribution in [2.24, 2.45) is 0 Å². The molecular formula is C10H18N2O2. The van der Waals surface area contributed by atoms with Crippen molar-refractivity contribution in [2.75, 3.05) is 13.1 Å². The van der Waals surface area contributed by atoms with Crippen LogP contribution in [0.3, 0.4) is 0 Å². The fraction of sp³-hybridized carbons (Fsp3) is 0.800. The molecule has 4 nitrogen and oxygen atoms in total. The molecule has 0 aromatic heterocycles. The van der Waals surface area contributed by atoms with Crippen LogP contribution in [-0.4, -0.2) is 40.8 Å². The molecule has 0 radical (unpaired) electrons. The Morgan fingerprint density at radius 2 is 2.07 bits per heavy atom. The lowest BCUT2D eigenvalue weighted by atomic mass is 10.1. The first-order chi connectivity index (χ1) is 6.46. The van der Waals surface area contributed by atoms with E-state index in [1.165, 1.54) is 0 Å². The molecule has 1 saturated heterocycles. The number of hydrogen-bond donors (Lipinski definition) is 0. The van der Waals surface area contributed by atoms with E-state index in [0.29, 0.717) is 13.0 Å². The molecule has 80 valence electrons. The van der Waals surface area contributed by atoms with Gasteiger partial charge in [-0.15, -0.1) is 0 Å². The lowest BCUT2D eigenvalue weighted by Crippen LogP contribution is -2.59. The van der Waals surface area contributed by atoms with Gasteiger partial charge in [0.05, 0.1) is 12.1 Å². The number of hydrogen-bond acceptors (Lipinski definition) is 3. The predicted octanol–water partition coefficient (Wildman–Crippen LogP) is 0.823. The van der Waals surface area contributed by atoms with E-state index >= 15 is 0 Å². The maximum atomic E-state index is 11.7. The van der Waals surface area contributed by atoms with Crippen molar-refractivity contribution in [1.29, 1.82) is 0 Å². The second-order valence-corrected chi connectivity index (χ2v) is 4.56. The Hall–Kier alpha value is -0.900. The zero-order valence-electron chi connectivity index (χ0n) is 9.12. The summed E-state index contributed by atoms with van der Waals surface area (Å²) in [7, 11) is 0. The van der Waals surface area contributed by atoms with Crippen molar-refractivity contribution in [3.8, 4) is 0 Å². The molecule has 1 rings (SSSR count). The van der Waals surface area contributed by atoms with Crippen LogP contribution in [0.1, 0.15) is 33.6 Å². The number of nitrogens with zero attached hydrogens (tertiary/aromatic N) is 2. The standard InChI is InChI=1S/C10H18N2O2/c1-10(2,3)12-9(14)5-4-6-11(12)7-8-13/h8H,4-7H2,1-3H3. The molecule has 0 aromatic carbocycles. The van der Waals surface area contributed by atoms with Gasteiger partial charge in [-0.05, 0) is 27.2 Å². The molecule has 14 heavy (non-hydrogen) atoms. The zero-order chi connectivity index (χ0) is 10.8. The third-order valence-corrected chi connectivity index (χ3v) is 2.25. The van der Waals surface area contributed by atoms with Crippen LogP contribution >= 0.6 is 0 Å². The molecule has 1 fully saturated rings. The molecule has 0 bridgehead atoms. The summed E-state index contributed by atoms with van der Waals surface area (Å²) in [4.78, 5) is 22.2. The Labute approximate surface area is 84.8 Å². The lowest BCUT2D eigenvalue weighted by Gasteiger charge is -2.45. The fourth-order valence-corrected chi connectivity index (χ4v) is 1.83. The number of carbonyl (C=O) groups excluding carboxylic acids is 2. The lowest BCUT2D eigenvalue weighted by molar-refractivity contribution is -0.169. The summed E-state index contributed by atoms with van der Waals surface area (Å²) in [6.07, 6.45) is 2.28. The van der Waals surface area contributed by atoms with Crippen LogP contribution in [0.15, 0.2) is 0 Å². The molecule has 0 aliphatic carbocycles. The van der Waals surface area contributed by atoms with Crippen molar-refractivity contribution >= 4 is 12.2 Å². The second-order valence-electron chi connectivity index (χ2n) is 4.56. The van der Waals surface area contributed by atoms with Crippen LogP contribution in [0.2, 0.25) is 0 Å². The van der Waals surface area contributed by atoms with Gasteiger partial charge in [0.15, 0.2) is 0 Å². The minimum atomic E-state index is -0.236. The molecule has 0 aromatic rings. The van der Waals surface area contributed by atoms with Gasteiger partial charge >= 0.3 is 0 Å². The molecule has 1 heterocycles. The maximum Gasteiger partial charge on any atom is 0.237 e. The van der Waals surface area contributed by atoms with Crippen LogP contribution in [0.5, 0.6) is 0 Å². The first kappa shape index (κ1) is 11.2. The van der Waals surface area contributed by atoms with Crippen LogP contribution in [0, 0.1) is 0 Å². The maximum absolute atomic E-state index is 11.7. The van der Waals surface area contributed by atoms with Crippen molar-refractivity contribution in [3.63, 3.8) is 0 Å². The van der Waals surface area contributed by atoms with Gasteiger partial charge in [0.2, 0.25) is 5.91 Å². The molecule has 0 spiro atoms. The molecular weight excluding hydrogens is 180 g/mol. The van der Waals surface area contributed by atoms with Gasteiger partial charge in [-0.2, -0.15) is 0 Å². The molecule has 4 heteroatoms. The summed E-state index contributed by atoms with van der Waals surface area (Å²) >= 11 is 0. The SMILES string of the molecule is CC(C)(C)N1C(=O)CCCN1CC=O. The van der Waals surface area contributed by atoms with Gasteiger partial charge in [0.1, 0.15) is 6.29 Å². The molecule has 1 aliphatic heterocycles. The average molecular weight is 198 g/mol. The monoisotopic (exact) mass is 198 g/mol. The second kappa shape index (κ2) is 4.09. The van der Waals surface area contributed by atoms with Crippen molar-refractivity contribution in [2.45, 2.75) is 39.2 Å². The molecule has 0 atom stereocenters. The molecule has 1 aliphatic rings. The summed E-state index contributed by atoms with van der Waals surface area (Å²) in [5.74, 6) is 0.116. The van der Waals surface area contributed by atoms with E-state index in [4.69, 9.17) is 0 Å². The highest BCUT2D eigenvalue weighted by Gasteiger charge is 2.34. The van der Waals surface area contributed by atoms with Crippen LogP contribution < -0.4 is 0 Å². The number of hydrazine groups is 1. The minimum Gasteiger partial charge on any atom is -0.302 e. The Morgan fingerprint density at radius 3 is 2.57 bits per heavy atom. The third-order valence-electron chi connectivity index (χ3n) is 2.25. The summed E-state index contributed by atoms with van der Waals surface area (Å²) in [6.45, 7) is 7.04. The molecule has 0 unspecified atom stereocenters. The Bertz CT molecular complexity index is 233. The zero-order valence-corrected chi connectivity index (χ0v) is 9.12. The van der Waals surface area contributed by atoms with E-state index < -0.39 is 0 Å². The first-order valence-corrected chi connectivity index (χ1v) is 4.98. The normalized spacial score (nSPS) is 19.9. The number of rotatable bonds is 2. The highest BCUT2D eigenvalue weighted by molar-refractivity contribution is 5.77. The van der Waals surface area contributed by atoms with Gasteiger partial charge < -0.3 is 4.79 Å². The number of aldehydes is 1. The largest absolute Gasteiger partial charge is 0.302 e. The van der Waals surface area contributed by atoms with E-state index in [1.54, 1.807) is 5.01 Å². The van der Waals surface area contributed by atoms with E-state index in [-0.39, 0.29) is 11.4 Å². The van der Waals surface area contributed by atoms with Gasteiger partial charge in [-0.25, -0.2) is 5.01 Å². The van der Waals surface area contributed by atoms with Crippen molar-refractivity contribution in [1.82, 2.24) is 10.0 Å². The van der Waals surface area contributed by atoms with Crippen LogP contribution in [0.25, 0.3) is 0 Å². The Balaban J connectivity index is 2.81. The smallest absolute Gasteiger partial charge is 0.237 e. The predicted molar refractivity (Wildman–Crippen MR) is 53.5 cm³/mol. The molecule has 0 N–H and O–H groups in total. The van der Waals surface area contributed by atoms with Gasteiger partial charge in [0, 0.05) is 13.0 Å². The number of carbonyl (C=O) groups is 2. The van der Waals surface area contributed by atoms with E-state index in [2.05, 4.69) is 0 Å². The van der Waals surface area contributed by atoms with E-state index in [9.17, 15) is 9.59 Å². The van der Waals surface area contributed by atoms with Crippen molar-refractivity contribution < 1.29 is 9.59 Å². The summed E-state index contributed by atoms with van der Waals surface area (Å²) < 4.78 is 0. The fourth-order valence-electron chi connectivity index (χ4n) is 1.83. The minimum absolute atomic E-state index is 0.116. The highest BCUT2D eigenvalue weighted by atomic mass is 16.2. The quantitative estimate of drug-likeness (QED) is 0.617. The van der Waals surface area contributed by atoms with Gasteiger partial charge in [-0.3, -0.25) is 9.80 Å². The Morgan fingerprint density at radius 1 is 1.43 bits per heavy atom. The van der Waals surface area contributed by atoms with Gasteiger partial charge in [0.25, 0.3) is 0 Å². The van der Waals surface area contributed by atoms with E-state index in [0.717, 1.165) is 19.3 Å². The average Bonchev–Trinajstić information content (AvgIpc) is 2.02. The first-order valence-electron chi connectivity index (χ1n) is 4.98. The van der Waals surface area contributed by atoms with Crippen LogP contribution in [-0.2, 0) is 9.59 Å². The summed E-state index contributed by atoms with van der Waals surface area (Å²) in [6, 6.07) is 0. The molecule has 0 saturated carbocycles.